The molecule has 0 saturated heterocycles. The van der Waals surface area contributed by atoms with Crippen LogP contribution >= 0.6 is 22.7 Å². The van der Waals surface area contributed by atoms with Crippen LogP contribution in [0.3, 0.4) is 0 Å². The van der Waals surface area contributed by atoms with Gasteiger partial charge >= 0.3 is 5.97 Å². The van der Waals surface area contributed by atoms with Crippen LogP contribution in [0, 0.1) is 6.92 Å². The van der Waals surface area contributed by atoms with E-state index in [0.717, 1.165) is 10.6 Å². The van der Waals surface area contributed by atoms with E-state index in [2.05, 4.69) is 35.1 Å². The summed E-state index contributed by atoms with van der Waals surface area (Å²) in [7, 11) is 0. The number of hydrogen-bond donors (Lipinski definition) is 0. The van der Waals surface area contributed by atoms with Gasteiger partial charge in [0.2, 0.25) is 0 Å². The van der Waals surface area contributed by atoms with E-state index >= 15 is 0 Å². The standard InChI is InChI=1S/C13H13NO2S2/c1-8-4-5-12(17-8)13-7-6-11(18-13)9(2)14-16-10(3)15/h4-7H,1-3H3/b14-9+. The summed E-state index contributed by atoms with van der Waals surface area (Å²) in [5.74, 6) is -0.403. The number of rotatable bonds is 3. The van der Waals surface area contributed by atoms with Crippen molar-refractivity contribution in [3.8, 4) is 9.75 Å². The minimum Gasteiger partial charge on any atom is -0.318 e. The molecular formula is C13H13NO2S2. The molecule has 2 aromatic heterocycles. The molecule has 2 heterocycles. The third-order valence-corrected chi connectivity index (χ3v) is 4.65. The Morgan fingerprint density at radius 2 is 1.78 bits per heavy atom. The molecule has 0 radical (unpaired) electrons. The Kier molecular flexibility index (Phi) is 3.93. The predicted octanol–water partition coefficient (Wildman–Crippen LogP) is 4.07. The van der Waals surface area contributed by atoms with Crippen LogP contribution in [-0.2, 0) is 9.63 Å². The van der Waals surface area contributed by atoms with Gasteiger partial charge in [-0.05, 0) is 38.1 Å². The van der Waals surface area contributed by atoms with Crippen LogP contribution in [0.15, 0.2) is 29.4 Å². The highest BCUT2D eigenvalue weighted by Crippen LogP contribution is 2.33. The fourth-order valence-electron chi connectivity index (χ4n) is 1.41. The van der Waals surface area contributed by atoms with Gasteiger partial charge in [-0.1, -0.05) is 5.16 Å². The maximum atomic E-state index is 10.7. The third-order valence-electron chi connectivity index (χ3n) is 2.26. The molecule has 0 fully saturated rings. The first kappa shape index (κ1) is 13.0. The fourth-order valence-corrected chi connectivity index (χ4v) is 3.31. The zero-order valence-corrected chi connectivity index (χ0v) is 12.0. The van der Waals surface area contributed by atoms with Crippen LogP contribution in [-0.4, -0.2) is 11.7 Å². The van der Waals surface area contributed by atoms with Crippen LogP contribution in [0.2, 0.25) is 0 Å². The average molecular weight is 279 g/mol. The normalized spacial score (nSPS) is 11.6. The van der Waals surface area contributed by atoms with Gasteiger partial charge in [0.05, 0.1) is 10.6 Å². The SMILES string of the molecule is CC(=O)O/N=C(\C)c1ccc(-c2ccc(C)s2)s1. The molecule has 0 saturated carbocycles. The van der Waals surface area contributed by atoms with E-state index in [1.807, 2.05) is 13.0 Å². The highest BCUT2D eigenvalue weighted by molar-refractivity contribution is 7.23. The molecule has 5 heteroatoms. The number of oxime groups is 1. The molecule has 0 atom stereocenters. The Hall–Kier alpha value is -1.46. The Morgan fingerprint density at radius 3 is 2.39 bits per heavy atom. The quantitative estimate of drug-likeness (QED) is 0.482. The lowest BCUT2D eigenvalue weighted by Gasteiger charge is -1.95. The van der Waals surface area contributed by atoms with Crippen LogP contribution in [0.4, 0.5) is 0 Å². The van der Waals surface area contributed by atoms with Gasteiger partial charge in [-0.3, -0.25) is 0 Å². The smallest absolute Gasteiger partial charge is 0.318 e. The van der Waals surface area contributed by atoms with Gasteiger partial charge in [0, 0.05) is 21.6 Å². The van der Waals surface area contributed by atoms with Crippen LogP contribution < -0.4 is 0 Å². The molecule has 0 spiro atoms. The van der Waals surface area contributed by atoms with E-state index < -0.39 is 5.97 Å². The zero-order valence-electron chi connectivity index (χ0n) is 10.4. The number of thiophene rings is 2. The van der Waals surface area contributed by atoms with Crippen molar-refractivity contribution in [3.05, 3.63) is 34.0 Å². The lowest BCUT2D eigenvalue weighted by molar-refractivity contribution is -0.140. The minimum atomic E-state index is -0.403. The van der Waals surface area contributed by atoms with Crippen LogP contribution in [0.1, 0.15) is 23.6 Å². The summed E-state index contributed by atoms with van der Waals surface area (Å²) < 4.78 is 0. The maximum absolute atomic E-state index is 10.7. The number of carbonyl (C=O) groups is 1. The number of aryl methyl sites for hydroxylation is 1. The summed E-state index contributed by atoms with van der Waals surface area (Å²) in [6, 6.07) is 8.29. The monoisotopic (exact) mass is 279 g/mol. The molecule has 0 aliphatic rings. The average Bonchev–Trinajstić information content (AvgIpc) is 2.93. The van der Waals surface area contributed by atoms with Crippen molar-refractivity contribution in [1.29, 1.82) is 0 Å². The molecule has 0 amide bonds. The zero-order chi connectivity index (χ0) is 13.1. The van der Waals surface area contributed by atoms with Crippen molar-refractivity contribution >= 4 is 34.4 Å². The first-order chi connectivity index (χ1) is 8.56. The topological polar surface area (TPSA) is 38.7 Å². The Morgan fingerprint density at radius 1 is 1.11 bits per heavy atom. The molecular weight excluding hydrogens is 266 g/mol. The van der Waals surface area contributed by atoms with Crippen molar-refractivity contribution < 1.29 is 9.63 Å². The van der Waals surface area contributed by atoms with E-state index in [0.29, 0.717) is 0 Å². The molecule has 0 aromatic carbocycles. The van der Waals surface area contributed by atoms with Gasteiger partial charge in [-0.25, -0.2) is 4.79 Å². The van der Waals surface area contributed by atoms with Gasteiger partial charge in [0.25, 0.3) is 0 Å². The molecule has 94 valence electrons. The van der Waals surface area contributed by atoms with Crippen LogP contribution in [0.5, 0.6) is 0 Å². The van der Waals surface area contributed by atoms with Crippen molar-refractivity contribution in [3.63, 3.8) is 0 Å². The first-order valence-electron chi connectivity index (χ1n) is 5.45. The predicted molar refractivity (Wildman–Crippen MR) is 76.3 cm³/mol. The molecule has 0 bridgehead atoms. The second-order valence-electron chi connectivity index (χ2n) is 3.83. The summed E-state index contributed by atoms with van der Waals surface area (Å²) in [4.78, 5) is 20.1. The van der Waals surface area contributed by atoms with Gasteiger partial charge < -0.3 is 4.84 Å². The van der Waals surface area contributed by atoms with E-state index in [9.17, 15) is 4.79 Å². The van der Waals surface area contributed by atoms with Gasteiger partial charge in [-0.15, -0.1) is 22.7 Å². The summed E-state index contributed by atoms with van der Waals surface area (Å²) in [5.41, 5.74) is 0.717. The number of nitrogens with zero attached hydrogens (tertiary/aromatic N) is 1. The lowest BCUT2D eigenvalue weighted by atomic mass is 10.3. The molecule has 0 N–H and O–H groups in total. The third kappa shape index (κ3) is 3.05. The Labute approximate surface area is 114 Å². The fraction of sp³-hybridized carbons (Fsp3) is 0.231. The maximum Gasteiger partial charge on any atom is 0.331 e. The summed E-state index contributed by atoms with van der Waals surface area (Å²) in [6.45, 7) is 5.26. The highest BCUT2D eigenvalue weighted by atomic mass is 32.1. The van der Waals surface area contributed by atoms with Crippen molar-refractivity contribution in [2.24, 2.45) is 5.16 Å². The van der Waals surface area contributed by atoms with E-state index in [1.165, 1.54) is 21.6 Å². The molecule has 18 heavy (non-hydrogen) atoms. The van der Waals surface area contributed by atoms with Crippen LogP contribution in [0.25, 0.3) is 9.75 Å². The van der Waals surface area contributed by atoms with Crippen molar-refractivity contribution in [2.75, 3.05) is 0 Å². The van der Waals surface area contributed by atoms with Gasteiger partial charge in [0.15, 0.2) is 0 Å². The largest absolute Gasteiger partial charge is 0.331 e. The number of hydrogen-bond acceptors (Lipinski definition) is 5. The number of carbonyl (C=O) groups excluding carboxylic acids is 1. The minimum absolute atomic E-state index is 0.403. The molecule has 0 aliphatic heterocycles. The van der Waals surface area contributed by atoms with E-state index in [4.69, 9.17) is 0 Å². The Balaban J connectivity index is 2.20. The molecule has 2 aromatic rings. The lowest BCUT2D eigenvalue weighted by Crippen LogP contribution is -1.96. The molecule has 2 rings (SSSR count). The van der Waals surface area contributed by atoms with Crippen molar-refractivity contribution in [2.45, 2.75) is 20.8 Å². The molecule has 0 aliphatic carbocycles. The van der Waals surface area contributed by atoms with Gasteiger partial charge in [0.1, 0.15) is 0 Å². The highest BCUT2D eigenvalue weighted by Gasteiger charge is 2.07. The van der Waals surface area contributed by atoms with Crippen molar-refractivity contribution in [1.82, 2.24) is 0 Å². The summed E-state index contributed by atoms with van der Waals surface area (Å²) >= 11 is 3.42. The summed E-state index contributed by atoms with van der Waals surface area (Å²) in [5, 5.41) is 3.79. The second-order valence-corrected chi connectivity index (χ2v) is 6.21. The Bertz CT molecular complexity index is 596. The first-order valence-corrected chi connectivity index (χ1v) is 7.09. The molecule has 0 unspecified atom stereocenters. The van der Waals surface area contributed by atoms with Gasteiger partial charge in [-0.2, -0.15) is 0 Å². The second kappa shape index (κ2) is 5.46. The summed E-state index contributed by atoms with van der Waals surface area (Å²) in [6.07, 6.45) is 0. The molecule has 3 nitrogen and oxygen atoms in total. The van der Waals surface area contributed by atoms with E-state index in [-0.39, 0.29) is 0 Å². The van der Waals surface area contributed by atoms with E-state index in [1.54, 1.807) is 22.7 Å².